The number of carboxylic acid groups (broad SMARTS) is 1. The van der Waals surface area contributed by atoms with Gasteiger partial charge in [-0.3, -0.25) is 19.6 Å². The lowest BCUT2D eigenvalue weighted by Gasteiger charge is -2.30. The summed E-state index contributed by atoms with van der Waals surface area (Å²) in [5.41, 5.74) is 7.91. The van der Waals surface area contributed by atoms with E-state index in [0.29, 0.717) is 91.3 Å². The number of alkyl halides is 2. The molecular formula is C43H42F2N8O4. The van der Waals surface area contributed by atoms with Crippen molar-refractivity contribution in [2.24, 2.45) is 5.92 Å². The molecule has 0 aliphatic carbocycles. The fourth-order valence-corrected chi connectivity index (χ4v) is 8.11. The summed E-state index contributed by atoms with van der Waals surface area (Å²) in [7, 11) is 0. The number of aromatic nitrogens is 4. The molecule has 2 fully saturated rings. The zero-order valence-corrected chi connectivity index (χ0v) is 31.9. The van der Waals surface area contributed by atoms with E-state index in [4.69, 9.17) is 9.40 Å². The number of fused-ring (bicyclic) bond motifs is 2. The second kappa shape index (κ2) is 15.2. The Morgan fingerprint density at radius 3 is 2.37 bits per heavy atom. The average Bonchev–Trinajstić information content (AvgIpc) is 3.77. The van der Waals surface area contributed by atoms with Crippen LogP contribution < -0.4 is 5.32 Å². The zero-order valence-electron chi connectivity index (χ0n) is 31.9. The lowest BCUT2D eigenvalue weighted by Crippen LogP contribution is -2.35. The fraction of sp³-hybridized carbons (Fsp3) is 0.349. The predicted molar refractivity (Wildman–Crippen MR) is 211 cm³/mol. The van der Waals surface area contributed by atoms with Crippen molar-refractivity contribution in [2.75, 3.05) is 31.5 Å². The largest absolute Gasteiger partial charge is 0.481 e. The van der Waals surface area contributed by atoms with Gasteiger partial charge in [-0.1, -0.05) is 24.3 Å². The average molecular weight is 773 g/mol. The Bertz CT molecular complexity index is 2560. The third-order valence-corrected chi connectivity index (χ3v) is 11.2. The lowest BCUT2D eigenvalue weighted by molar-refractivity contribution is -0.143. The van der Waals surface area contributed by atoms with Gasteiger partial charge in [0.05, 0.1) is 22.6 Å². The van der Waals surface area contributed by atoms with Crippen molar-refractivity contribution in [3.05, 3.63) is 94.4 Å². The third kappa shape index (κ3) is 7.78. The van der Waals surface area contributed by atoms with Crippen LogP contribution in [-0.4, -0.2) is 77.7 Å². The maximum Gasteiger partial charge on any atom is 0.306 e. The van der Waals surface area contributed by atoms with Gasteiger partial charge in [-0.25, -0.2) is 23.7 Å². The first-order valence-corrected chi connectivity index (χ1v) is 19.0. The molecule has 8 rings (SSSR count). The monoisotopic (exact) mass is 772 g/mol. The van der Waals surface area contributed by atoms with Crippen LogP contribution in [-0.2, 0) is 17.9 Å². The van der Waals surface area contributed by atoms with Crippen molar-refractivity contribution in [1.29, 1.82) is 5.26 Å². The number of halogens is 2. The lowest BCUT2D eigenvalue weighted by atomic mass is 9.93. The maximum absolute atomic E-state index is 14.1. The Morgan fingerprint density at radius 2 is 1.67 bits per heavy atom. The van der Waals surface area contributed by atoms with Gasteiger partial charge in [-0.15, -0.1) is 0 Å². The standard InChI is InChI=1S/C43H42F2N8O4/c1-24-30(6-4-8-32(24)41-50-35-17-26(16-29(19-46)37(35)57-41)21-52-13-10-28(11-14-52)42(54)55)31-7-5-9-33(25(31)2)48-39-36-34(49-40(51-39)38(44)45)18-27(20-47-36)22-53-15-12-43(3,56)23-53/h4-9,16-18,20,28,38,56H,10-15,21-23H2,1-3H3,(H,54,55)(H,48,49,51). The summed E-state index contributed by atoms with van der Waals surface area (Å²) < 4.78 is 34.5. The molecule has 1 atom stereocenters. The van der Waals surface area contributed by atoms with E-state index in [1.165, 1.54) is 0 Å². The highest BCUT2D eigenvalue weighted by Crippen LogP contribution is 2.38. The Balaban J connectivity index is 1.08. The van der Waals surface area contributed by atoms with Crippen LogP contribution >= 0.6 is 0 Å². The van der Waals surface area contributed by atoms with Crippen LogP contribution in [0.4, 0.5) is 20.3 Å². The molecule has 2 aliphatic heterocycles. The van der Waals surface area contributed by atoms with E-state index in [9.17, 15) is 29.1 Å². The number of hydrogen-bond donors (Lipinski definition) is 3. The summed E-state index contributed by atoms with van der Waals surface area (Å²) in [6.45, 7) is 9.38. The van der Waals surface area contributed by atoms with Gasteiger partial charge < -0.3 is 19.9 Å². The van der Waals surface area contributed by atoms with Crippen LogP contribution in [0.2, 0.25) is 0 Å². The van der Waals surface area contributed by atoms with E-state index in [1.54, 1.807) is 19.2 Å². The molecule has 0 amide bonds. The second-order valence-electron chi connectivity index (χ2n) is 15.5. The Labute approximate surface area is 327 Å². The molecule has 2 aliphatic rings. The van der Waals surface area contributed by atoms with Gasteiger partial charge in [0.2, 0.25) is 5.89 Å². The summed E-state index contributed by atoms with van der Waals surface area (Å²) in [5, 5.41) is 33.1. The summed E-state index contributed by atoms with van der Waals surface area (Å²) in [4.78, 5) is 33.5. The molecule has 0 saturated carbocycles. The van der Waals surface area contributed by atoms with E-state index in [-0.39, 0.29) is 11.7 Å². The van der Waals surface area contributed by atoms with Gasteiger partial charge in [0, 0.05) is 43.6 Å². The van der Waals surface area contributed by atoms with Gasteiger partial charge in [0.1, 0.15) is 17.1 Å². The number of pyridine rings is 1. The van der Waals surface area contributed by atoms with Gasteiger partial charge in [0.25, 0.3) is 6.43 Å². The van der Waals surface area contributed by atoms with Gasteiger partial charge in [-0.05, 0) is 117 Å². The number of rotatable bonds is 10. The molecule has 57 heavy (non-hydrogen) atoms. The molecular weight excluding hydrogens is 731 g/mol. The van der Waals surface area contributed by atoms with Crippen LogP contribution in [0, 0.1) is 31.1 Å². The van der Waals surface area contributed by atoms with E-state index in [0.717, 1.165) is 45.5 Å². The summed E-state index contributed by atoms with van der Waals surface area (Å²) in [6, 6.07) is 19.3. The van der Waals surface area contributed by atoms with Crippen molar-refractivity contribution in [2.45, 2.75) is 65.1 Å². The SMILES string of the molecule is Cc1c(Nc2nc(C(F)F)nc3cc(CN4CCC(C)(O)C4)cnc23)cccc1-c1cccc(-c2nc3cc(CN4CCC(C(=O)O)CC4)cc(C#N)c3o2)c1C. The summed E-state index contributed by atoms with van der Waals surface area (Å²) in [5.74, 6) is -1.14. The number of nitrogens with one attached hydrogen (secondary N) is 1. The van der Waals surface area contributed by atoms with E-state index in [2.05, 4.69) is 36.1 Å². The van der Waals surface area contributed by atoms with E-state index in [1.807, 2.05) is 62.4 Å². The van der Waals surface area contributed by atoms with E-state index < -0.39 is 23.8 Å². The minimum Gasteiger partial charge on any atom is -0.481 e. The first-order valence-electron chi connectivity index (χ1n) is 19.0. The number of carboxylic acids is 1. The number of anilines is 2. The highest BCUT2D eigenvalue weighted by atomic mass is 19.3. The summed E-state index contributed by atoms with van der Waals surface area (Å²) in [6.07, 6.45) is 0.639. The molecule has 0 spiro atoms. The number of carbonyl (C=O) groups is 1. The van der Waals surface area contributed by atoms with Crippen molar-refractivity contribution in [3.8, 4) is 28.7 Å². The van der Waals surface area contributed by atoms with Gasteiger partial charge in [0.15, 0.2) is 17.2 Å². The molecule has 3 N–H and O–H groups in total. The molecule has 5 heterocycles. The zero-order chi connectivity index (χ0) is 40.0. The Hall–Kier alpha value is -5.88. The van der Waals surface area contributed by atoms with Gasteiger partial charge in [-0.2, -0.15) is 5.26 Å². The Morgan fingerprint density at radius 1 is 0.965 bits per heavy atom. The topological polar surface area (TPSA) is 165 Å². The second-order valence-corrected chi connectivity index (χ2v) is 15.5. The van der Waals surface area contributed by atoms with Crippen molar-refractivity contribution in [1.82, 2.24) is 29.7 Å². The molecule has 0 bridgehead atoms. The van der Waals surface area contributed by atoms with Crippen LogP contribution in [0.5, 0.6) is 0 Å². The van der Waals surface area contributed by atoms with Crippen LogP contribution in [0.25, 0.3) is 44.7 Å². The molecule has 14 heteroatoms. The number of aliphatic carboxylic acids is 1. The molecule has 12 nitrogen and oxygen atoms in total. The van der Waals surface area contributed by atoms with Crippen LogP contribution in [0.1, 0.15) is 66.3 Å². The first kappa shape index (κ1) is 38.0. The van der Waals surface area contributed by atoms with Gasteiger partial charge >= 0.3 is 5.97 Å². The highest BCUT2D eigenvalue weighted by molar-refractivity contribution is 5.90. The molecule has 3 aromatic carbocycles. The molecule has 2 saturated heterocycles. The number of nitriles is 1. The molecule has 0 radical (unpaired) electrons. The molecule has 6 aromatic rings. The van der Waals surface area contributed by atoms with Crippen molar-refractivity contribution >= 4 is 39.6 Å². The smallest absolute Gasteiger partial charge is 0.306 e. The van der Waals surface area contributed by atoms with Crippen LogP contribution in [0.3, 0.4) is 0 Å². The highest BCUT2D eigenvalue weighted by Gasteiger charge is 2.31. The van der Waals surface area contributed by atoms with E-state index >= 15 is 0 Å². The minimum atomic E-state index is -2.89. The Kier molecular flexibility index (Phi) is 10.2. The number of oxazole rings is 1. The molecule has 3 aromatic heterocycles. The van der Waals surface area contributed by atoms with Crippen molar-refractivity contribution < 1.29 is 28.2 Å². The normalized spacial score (nSPS) is 18.1. The van der Waals surface area contributed by atoms with Crippen LogP contribution in [0.15, 0.2) is 65.2 Å². The predicted octanol–water partition coefficient (Wildman–Crippen LogP) is 7.92. The molecule has 1 unspecified atom stereocenters. The number of piperidine rings is 1. The third-order valence-electron chi connectivity index (χ3n) is 11.2. The molecule has 292 valence electrons. The minimum absolute atomic E-state index is 0.167. The number of nitrogens with zero attached hydrogens (tertiary/aromatic N) is 7. The number of likely N-dealkylation sites (tertiary alicyclic amines) is 2. The number of hydrogen-bond acceptors (Lipinski definition) is 11. The number of aliphatic hydroxyl groups is 1. The summed E-state index contributed by atoms with van der Waals surface area (Å²) >= 11 is 0. The first-order chi connectivity index (χ1) is 27.4. The number of β-amino-alcohol motifs (C(OH)–C–C–N with tert-alkyl or cyclic N) is 1. The fourth-order valence-electron chi connectivity index (χ4n) is 8.11. The maximum atomic E-state index is 14.1. The van der Waals surface area contributed by atoms with Crippen molar-refractivity contribution in [3.63, 3.8) is 0 Å². The quantitative estimate of drug-likeness (QED) is 0.123. The number of benzene rings is 3.